The SMILES string of the molecule is CC(C)(C)OC(CC(N)=O)NC(=C(C#N)C#N)c1sccc1Cl. The van der Waals surface area contributed by atoms with E-state index < -0.39 is 17.7 Å². The van der Waals surface area contributed by atoms with Crippen LogP contribution in [0, 0.1) is 22.7 Å². The number of hydrogen-bond donors (Lipinski definition) is 2. The number of halogens is 1. The number of carbonyl (C=O) groups excluding carboxylic acids is 1. The first-order valence-electron chi connectivity index (χ1n) is 6.68. The van der Waals surface area contributed by atoms with E-state index in [0.29, 0.717) is 9.90 Å². The van der Waals surface area contributed by atoms with Gasteiger partial charge in [0.15, 0.2) is 5.57 Å². The van der Waals surface area contributed by atoms with E-state index in [0.717, 1.165) is 0 Å². The largest absolute Gasteiger partial charge is 0.370 e. The minimum atomic E-state index is -0.794. The lowest BCUT2D eigenvalue weighted by Crippen LogP contribution is -2.40. The summed E-state index contributed by atoms with van der Waals surface area (Å²) in [5.41, 5.74) is 4.77. The molecule has 1 heterocycles. The lowest BCUT2D eigenvalue weighted by Gasteiger charge is -2.29. The molecule has 122 valence electrons. The molecule has 0 bridgehead atoms. The van der Waals surface area contributed by atoms with Gasteiger partial charge in [-0.2, -0.15) is 10.5 Å². The van der Waals surface area contributed by atoms with Gasteiger partial charge in [-0.25, -0.2) is 0 Å². The van der Waals surface area contributed by atoms with E-state index in [1.54, 1.807) is 11.4 Å². The van der Waals surface area contributed by atoms with Crippen LogP contribution in [0.1, 0.15) is 32.1 Å². The minimum Gasteiger partial charge on any atom is -0.370 e. The lowest BCUT2D eigenvalue weighted by molar-refractivity contribution is -0.125. The van der Waals surface area contributed by atoms with E-state index in [4.69, 9.17) is 22.1 Å². The van der Waals surface area contributed by atoms with Crippen molar-refractivity contribution in [2.24, 2.45) is 5.73 Å². The molecule has 0 aliphatic rings. The van der Waals surface area contributed by atoms with Crippen LogP contribution in [0.3, 0.4) is 0 Å². The maximum Gasteiger partial charge on any atom is 0.221 e. The Morgan fingerprint density at radius 3 is 2.48 bits per heavy atom. The highest BCUT2D eigenvalue weighted by Gasteiger charge is 2.24. The number of hydrogen-bond acceptors (Lipinski definition) is 6. The molecule has 0 saturated heterocycles. The molecular weight excluding hydrogens is 336 g/mol. The standard InChI is InChI=1S/C15H17ClN4O2S/c1-15(2,3)22-12(6-11(19)21)20-13(9(7-17)8-18)14-10(16)4-5-23-14/h4-5,12,20H,6H2,1-3H3,(H2,19,21). The van der Waals surface area contributed by atoms with Crippen molar-refractivity contribution in [1.29, 1.82) is 10.5 Å². The van der Waals surface area contributed by atoms with Crippen LogP contribution in [0.5, 0.6) is 0 Å². The molecule has 1 rings (SSSR count). The molecule has 0 aliphatic carbocycles. The van der Waals surface area contributed by atoms with E-state index in [9.17, 15) is 15.3 Å². The molecule has 0 saturated carbocycles. The van der Waals surface area contributed by atoms with Gasteiger partial charge in [0.25, 0.3) is 0 Å². The number of allylic oxidation sites excluding steroid dienone is 1. The average molecular weight is 353 g/mol. The van der Waals surface area contributed by atoms with E-state index in [1.807, 2.05) is 32.9 Å². The molecule has 0 aliphatic heterocycles. The maximum absolute atomic E-state index is 11.3. The average Bonchev–Trinajstić information content (AvgIpc) is 2.82. The van der Waals surface area contributed by atoms with E-state index in [1.165, 1.54) is 11.3 Å². The molecular formula is C15H17ClN4O2S. The Morgan fingerprint density at radius 2 is 2.09 bits per heavy atom. The zero-order valence-corrected chi connectivity index (χ0v) is 14.6. The number of nitriles is 2. The Labute approximate surface area is 144 Å². The van der Waals surface area contributed by atoms with Gasteiger partial charge in [-0.1, -0.05) is 11.6 Å². The number of thiophene rings is 1. The van der Waals surface area contributed by atoms with Crippen LogP contribution in [-0.2, 0) is 9.53 Å². The molecule has 1 aromatic rings. The molecule has 8 heteroatoms. The topological polar surface area (TPSA) is 112 Å². The van der Waals surface area contributed by atoms with Gasteiger partial charge in [-0.15, -0.1) is 11.3 Å². The monoisotopic (exact) mass is 352 g/mol. The van der Waals surface area contributed by atoms with Crippen LogP contribution in [0.2, 0.25) is 5.02 Å². The van der Waals surface area contributed by atoms with E-state index >= 15 is 0 Å². The Bertz CT molecular complexity index is 676. The summed E-state index contributed by atoms with van der Waals surface area (Å²) < 4.78 is 5.75. The maximum atomic E-state index is 11.3. The summed E-state index contributed by atoms with van der Waals surface area (Å²) >= 11 is 7.37. The Balaban J connectivity index is 3.25. The highest BCUT2D eigenvalue weighted by molar-refractivity contribution is 7.11. The minimum absolute atomic E-state index is 0.117. The zero-order chi connectivity index (χ0) is 17.6. The van der Waals surface area contributed by atoms with Crippen LogP contribution < -0.4 is 11.1 Å². The lowest BCUT2D eigenvalue weighted by atomic mass is 10.1. The van der Waals surface area contributed by atoms with Gasteiger partial charge in [0.2, 0.25) is 5.91 Å². The first kappa shape index (κ1) is 19.0. The predicted octanol–water partition coefficient (Wildman–Crippen LogP) is 2.77. The molecule has 0 radical (unpaired) electrons. The zero-order valence-electron chi connectivity index (χ0n) is 13.0. The molecule has 0 aromatic carbocycles. The fraction of sp³-hybridized carbons (Fsp3) is 0.400. The second-order valence-electron chi connectivity index (χ2n) is 5.60. The number of nitrogens with one attached hydrogen (secondary N) is 1. The quantitative estimate of drug-likeness (QED) is 0.603. The van der Waals surface area contributed by atoms with Crippen LogP contribution in [0.25, 0.3) is 5.70 Å². The summed E-state index contributed by atoms with van der Waals surface area (Å²) in [5.74, 6) is -0.571. The number of ether oxygens (including phenoxy) is 1. The molecule has 1 aromatic heterocycles. The Kier molecular flexibility index (Phi) is 6.59. The Hall–Kier alpha value is -2.06. The van der Waals surface area contributed by atoms with Gasteiger partial charge in [0, 0.05) is 0 Å². The third-order valence-corrected chi connectivity index (χ3v) is 3.86. The molecule has 3 N–H and O–H groups in total. The van der Waals surface area contributed by atoms with Gasteiger partial charge < -0.3 is 15.8 Å². The van der Waals surface area contributed by atoms with E-state index in [2.05, 4.69) is 5.32 Å². The highest BCUT2D eigenvalue weighted by atomic mass is 35.5. The summed E-state index contributed by atoms with van der Waals surface area (Å²) in [5, 5.41) is 23.4. The highest BCUT2D eigenvalue weighted by Crippen LogP contribution is 2.30. The van der Waals surface area contributed by atoms with Gasteiger partial charge >= 0.3 is 0 Å². The third kappa shape index (κ3) is 5.91. The number of nitrogens with zero attached hydrogens (tertiary/aromatic N) is 2. The van der Waals surface area contributed by atoms with Crippen molar-refractivity contribution >= 4 is 34.5 Å². The molecule has 23 heavy (non-hydrogen) atoms. The van der Waals surface area contributed by atoms with Gasteiger partial charge in [-0.3, -0.25) is 4.79 Å². The molecule has 0 spiro atoms. The normalized spacial score (nSPS) is 11.9. The number of rotatable bonds is 6. The summed E-state index contributed by atoms with van der Waals surface area (Å²) in [6.45, 7) is 5.46. The number of carbonyl (C=O) groups is 1. The van der Waals surface area contributed by atoms with Crippen molar-refractivity contribution in [2.75, 3.05) is 0 Å². The molecule has 6 nitrogen and oxygen atoms in total. The number of amides is 1. The van der Waals surface area contributed by atoms with Crippen LogP contribution in [-0.4, -0.2) is 17.7 Å². The van der Waals surface area contributed by atoms with Gasteiger partial charge in [0.1, 0.15) is 18.4 Å². The van der Waals surface area contributed by atoms with Gasteiger partial charge in [0.05, 0.1) is 27.6 Å². The first-order chi connectivity index (χ1) is 10.7. The van der Waals surface area contributed by atoms with Crippen molar-refractivity contribution in [3.8, 4) is 12.1 Å². The van der Waals surface area contributed by atoms with Crippen LogP contribution in [0.15, 0.2) is 17.0 Å². The molecule has 0 fully saturated rings. The van der Waals surface area contributed by atoms with Crippen LogP contribution in [0.4, 0.5) is 0 Å². The Morgan fingerprint density at radius 1 is 1.48 bits per heavy atom. The van der Waals surface area contributed by atoms with Crippen molar-refractivity contribution in [1.82, 2.24) is 5.32 Å². The van der Waals surface area contributed by atoms with Crippen molar-refractivity contribution in [3.63, 3.8) is 0 Å². The molecule has 1 unspecified atom stereocenters. The molecule has 1 atom stereocenters. The molecule has 1 amide bonds. The number of nitrogens with two attached hydrogens (primary N) is 1. The van der Waals surface area contributed by atoms with Gasteiger partial charge in [-0.05, 0) is 32.2 Å². The summed E-state index contributed by atoms with van der Waals surface area (Å²) in [6, 6.07) is 5.30. The number of primary amides is 1. The summed E-state index contributed by atoms with van der Waals surface area (Å²) in [4.78, 5) is 11.8. The second-order valence-corrected chi connectivity index (χ2v) is 6.93. The third-order valence-electron chi connectivity index (χ3n) is 2.51. The second kappa shape index (κ2) is 7.98. The van der Waals surface area contributed by atoms with Crippen molar-refractivity contribution in [3.05, 3.63) is 26.9 Å². The summed E-state index contributed by atoms with van der Waals surface area (Å²) in [6.07, 6.45) is -0.911. The first-order valence-corrected chi connectivity index (χ1v) is 7.94. The summed E-state index contributed by atoms with van der Waals surface area (Å²) in [7, 11) is 0. The smallest absolute Gasteiger partial charge is 0.221 e. The van der Waals surface area contributed by atoms with E-state index in [-0.39, 0.29) is 17.7 Å². The van der Waals surface area contributed by atoms with Crippen molar-refractivity contribution < 1.29 is 9.53 Å². The van der Waals surface area contributed by atoms with Crippen molar-refractivity contribution in [2.45, 2.75) is 39.0 Å². The fourth-order valence-corrected chi connectivity index (χ4v) is 2.92. The fourth-order valence-electron chi connectivity index (χ4n) is 1.75. The van der Waals surface area contributed by atoms with Crippen LogP contribution >= 0.6 is 22.9 Å². The predicted molar refractivity (Wildman–Crippen MR) is 89.0 cm³/mol.